The maximum absolute atomic E-state index is 13.6. The van der Waals surface area contributed by atoms with E-state index in [-0.39, 0.29) is 18.3 Å². The Morgan fingerprint density at radius 2 is 1.71 bits per heavy atom. The number of halogens is 2. The highest BCUT2D eigenvalue weighted by atomic mass is 35.5. The Balaban J connectivity index is 1.91. The van der Waals surface area contributed by atoms with Gasteiger partial charge >= 0.3 is 0 Å². The molecule has 2 nitrogen and oxygen atoms in total. The summed E-state index contributed by atoms with van der Waals surface area (Å²) in [5.41, 5.74) is 1.47. The van der Waals surface area contributed by atoms with E-state index in [0.29, 0.717) is 23.4 Å². The zero-order valence-electron chi connectivity index (χ0n) is 11.9. The molecule has 2 aromatic carbocycles. The first-order valence-electron chi connectivity index (χ1n) is 6.78. The van der Waals surface area contributed by atoms with Crippen molar-refractivity contribution in [1.29, 1.82) is 0 Å². The molecule has 0 aliphatic carbocycles. The summed E-state index contributed by atoms with van der Waals surface area (Å²) in [5.74, 6) is -0.318. The average Bonchev–Trinajstić information content (AvgIpc) is 2.48. The summed E-state index contributed by atoms with van der Waals surface area (Å²) in [6.07, 6.45) is 0.939. The van der Waals surface area contributed by atoms with E-state index in [1.165, 1.54) is 11.0 Å². The minimum atomic E-state index is -0.289. The topological polar surface area (TPSA) is 20.3 Å². The van der Waals surface area contributed by atoms with Gasteiger partial charge in [0.25, 0.3) is 0 Å². The summed E-state index contributed by atoms with van der Waals surface area (Å²) < 4.78 is 13.6. The van der Waals surface area contributed by atoms with Gasteiger partial charge in [-0.1, -0.05) is 48.0 Å². The lowest BCUT2D eigenvalue weighted by molar-refractivity contribution is -0.130. The van der Waals surface area contributed by atoms with Gasteiger partial charge in [0.2, 0.25) is 5.91 Å². The minimum absolute atomic E-state index is 0.0295. The van der Waals surface area contributed by atoms with Gasteiger partial charge in [-0.05, 0) is 24.1 Å². The molecule has 0 fully saturated rings. The fourth-order valence-electron chi connectivity index (χ4n) is 2.10. The number of amides is 1. The van der Waals surface area contributed by atoms with Crippen LogP contribution in [0.2, 0.25) is 5.02 Å². The molecular formula is C17H17ClFNO. The molecule has 2 rings (SSSR count). The van der Waals surface area contributed by atoms with Crippen LogP contribution >= 0.6 is 11.6 Å². The predicted molar refractivity (Wildman–Crippen MR) is 82.6 cm³/mol. The van der Waals surface area contributed by atoms with E-state index in [9.17, 15) is 9.18 Å². The van der Waals surface area contributed by atoms with Crippen LogP contribution in [0.1, 0.15) is 17.5 Å². The fourth-order valence-corrected chi connectivity index (χ4v) is 2.33. The van der Waals surface area contributed by atoms with Gasteiger partial charge in [0.15, 0.2) is 0 Å². The Kier molecular flexibility index (Phi) is 5.34. The molecule has 21 heavy (non-hydrogen) atoms. The predicted octanol–water partition coefficient (Wildman–Crippen LogP) is 4.07. The smallest absolute Gasteiger partial charge is 0.222 e. The molecule has 0 spiro atoms. The lowest BCUT2D eigenvalue weighted by Gasteiger charge is -2.17. The Morgan fingerprint density at radius 1 is 1.10 bits per heavy atom. The van der Waals surface area contributed by atoms with Gasteiger partial charge in [0, 0.05) is 30.6 Å². The Morgan fingerprint density at radius 3 is 2.38 bits per heavy atom. The zero-order valence-corrected chi connectivity index (χ0v) is 12.6. The Hall–Kier alpha value is -1.87. The second-order valence-electron chi connectivity index (χ2n) is 4.93. The third-order valence-electron chi connectivity index (χ3n) is 3.36. The normalized spacial score (nSPS) is 10.4. The number of benzene rings is 2. The number of nitrogens with zero attached hydrogens (tertiary/aromatic N) is 1. The van der Waals surface area contributed by atoms with Crippen molar-refractivity contribution in [3.8, 4) is 0 Å². The summed E-state index contributed by atoms with van der Waals surface area (Å²) in [7, 11) is 1.68. The van der Waals surface area contributed by atoms with Gasteiger partial charge < -0.3 is 4.90 Å². The second-order valence-corrected chi connectivity index (χ2v) is 5.34. The Labute approximate surface area is 129 Å². The third kappa shape index (κ3) is 4.30. The van der Waals surface area contributed by atoms with Gasteiger partial charge in [0.05, 0.1) is 0 Å². The molecule has 110 valence electrons. The molecule has 2 aromatic rings. The lowest BCUT2D eigenvalue weighted by atomic mass is 10.1. The molecule has 0 heterocycles. The second kappa shape index (κ2) is 7.23. The molecular weight excluding hydrogens is 289 g/mol. The molecule has 1 amide bonds. The quantitative estimate of drug-likeness (QED) is 0.815. The van der Waals surface area contributed by atoms with E-state index < -0.39 is 0 Å². The molecule has 0 unspecified atom stereocenters. The van der Waals surface area contributed by atoms with Crippen LogP contribution in [0.5, 0.6) is 0 Å². The third-order valence-corrected chi connectivity index (χ3v) is 3.73. The van der Waals surface area contributed by atoms with Gasteiger partial charge in [-0.25, -0.2) is 4.39 Å². The highest BCUT2D eigenvalue weighted by Crippen LogP contribution is 2.17. The van der Waals surface area contributed by atoms with Crippen molar-refractivity contribution in [3.63, 3.8) is 0 Å². The Bertz CT molecular complexity index is 630. The van der Waals surface area contributed by atoms with E-state index in [1.54, 1.807) is 25.2 Å². The lowest BCUT2D eigenvalue weighted by Crippen LogP contribution is -2.26. The number of aryl methyl sites for hydroxylation is 1. The molecule has 0 aliphatic rings. The highest BCUT2D eigenvalue weighted by molar-refractivity contribution is 6.31. The highest BCUT2D eigenvalue weighted by Gasteiger charge is 2.12. The van der Waals surface area contributed by atoms with Crippen LogP contribution < -0.4 is 0 Å². The first-order chi connectivity index (χ1) is 10.1. The molecule has 0 radical (unpaired) electrons. The average molecular weight is 306 g/mol. The maximum atomic E-state index is 13.6. The molecule has 0 aromatic heterocycles. The van der Waals surface area contributed by atoms with E-state index in [0.717, 1.165) is 5.56 Å². The molecule has 4 heteroatoms. The zero-order chi connectivity index (χ0) is 15.2. The van der Waals surface area contributed by atoms with Crippen molar-refractivity contribution in [2.75, 3.05) is 7.05 Å². The van der Waals surface area contributed by atoms with Crippen LogP contribution in [0.4, 0.5) is 4.39 Å². The number of hydrogen-bond acceptors (Lipinski definition) is 1. The standard InChI is InChI=1S/C17H17ClFNO/c1-20(12-14-7-3-5-9-16(14)19)17(21)11-10-13-6-2-4-8-15(13)18/h2-9H,10-12H2,1H3. The van der Waals surface area contributed by atoms with E-state index in [4.69, 9.17) is 11.6 Å². The van der Waals surface area contributed by atoms with Gasteiger partial charge in [-0.2, -0.15) is 0 Å². The summed E-state index contributed by atoms with van der Waals surface area (Å²) in [4.78, 5) is 13.6. The summed E-state index contributed by atoms with van der Waals surface area (Å²) in [6, 6.07) is 14.0. The number of carbonyl (C=O) groups is 1. The molecule has 0 saturated heterocycles. The number of hydrogen-bond donors (Lipinski definition) is 0. The van der Waals surface area contributed by atoms with Crippen molar-refractivity contribution < 1.29 is 9.18 Å². The molecule has 0 saturated carbocycles. The van der Waals surface area contributed by atoms with Gasteiger partial charge in [0.1, 0.15) is 5.82 Å². The van der Waals surface area contributed by atoms with Crippen LogP contribution in [-0.4, -0.2) is 17.9 Å². The van der Waals surface area contributed by atoms with Crippen molar-refractivity contribution in [3.05, 3.63) is 70.5 Å². The first kappa shape index (κ1) is 15.5. The minimum Gasteiger partial charge on any atom is -0.341 e. The maximum Gasteiger partial charge on any atom is 0.222 e. The van der Waals surface area contributed by atoms with Crippen LogP contribution in [0, 0.1) is 5.82 Å². The van der Waals surface area contributed by atoms with Gasteiger partial charge in [-0.15, -0.1) is 0 Å². The molecule has 0 bridgehead atoms. The van der Waals surface area contributed by atoms with Crippen LogP contribution in [0.3, 0.4) is 0 Å². The summed E-state index contributed by atoms with van der Waals surface area (Å²) in [6.45, 7) is 0.272. The van der Waals surface area contributed by atoms with Gasteiger partial charge in [-0.3, -0.25) is 4.79 Å². The van der Waals surface area contributed by atoms with E-state index >= 15 is 0 Å². The summed E-state index contributed by atoms with van der Waals surface area (Å²) >= 11 is 6.06. The number of carbonyl (C=O) groups excluding carboxylic acids is 1. The van der Waals surface area contributed by atoms with Crippen LogP contribution in [0.25, 0.3) is 0 Å². The first-order valence-corrected chi connectivity index (χ1v) is 7.16. The van der Waals surface area contributed by atoms with Crippen LogP contribution in [-0.2, 0) is 17.8 Å². The SMILES string of the molecule is CN(Cc1ccccc1F)C(=O)CCc1ccccc1Cl. The monoisotopic (exact) mass is 305 g/mol. The molecule has 0 atom stereocenters. The van der Waals surface area contributed by atoms with Crippen molar-refractivity contribution in [2.24, 2.45) is 0 Å². The van der Waals surface area contributed by atoms with Crippen molar-refractivity contribution in [1.82, 2.24) is 4.90 Å². The number of rotatable bonds is 5. The molecule has 0 N–H and O–H groups in total. The van der Waals surface area contributed by atoms with Crippen LogP contribution in [0.15, 0.2) is 48.5 Å². The molecule has 0 aliphatic heterocycles. The van der Waals surface area contributed by atoms with Crippen molar-refractivity contribution in [2.45, 2.75) is 19.4 Å². The largest absolute Gasteiger partial charge is 0.341 e. The van der Waals surface area contributed by atoms with Crippen molar-refractivity contribution >= 4 is 17.5 Å². The van der Waals surface area contributed by atoms with E-state index in [1.807, 2.05) is 24.3 Å². The van der Waals surface area contributed by atoms with E-state index in [2.05, 4.69) is 0 Å². The fraction of sp³-hybridized carbons (Fsp3) is 0.235. The summed E-state index contributed by atoms with van der Waals surface area (Å²) in [5, 5.41) is 0.669.